The Morgan fingerprint density at radius 2 is 1.97 bits per heavy atom. The molecule has 0 aliphatic heterocycles. The molecule has 0 spiro atoms. The predicted molar refractivity (Wildman–Crippen MR) is 123 cm³/mol. The van der Waals surface area contributed by atoms with Gasteiger partial charge < -0.3 is 10.5 Å². The number of hydrogen-bond donors (Lipinski definition) is 2. The number of anilines is 2. The van der Waals surface area contributed by atoms with Gasteiger partial charge in [0.1, 0.15) is 5.75 Å². The summed E-state index contributed by atoms with van der Waals surface area (Å²) in [7, 11) is 1.57. The second kappa shape index (κ2) is 8.99. The number of methoxy groups -OCH3 is 1. The summed E-state index contributed by atoms with van der Waals surface area (Å²) in [6, 6.07) is 14.7. The molecule has 4 rings (SSSR count). The molecule has 4 aromatic rings. The minimum Gasteiger partial charge on any atom is -0.496 e. The lowest BCUT2D eigenvalue weighted by atomic mass is 10.2. The third-order valence-corrected chi connectivity index (χ3v) is 5.30. The van der Waals surface area contributed by atoms with Crippen LogP contribution < -0.4 is 15.8 Å². The van der Waals surface area contributed by atoms with Gasteiger partial charge in [-0.15, -0.1) is 16.4 Å². The summed E-state index contributed by atoms with van der Waals surface area (Å²) in [4.78, 5) is 20.9. The van der Waals surface area contributed by atoms with E-state index in [0.717, 1.165) is 16.8 Å². The Morgan fingerprint density at radius 3 is 2.74 bits per heavy atom. The molecule has 31 heavy (non-hydrogen) atoms. The molecule has 0 aliphatic carbocycles. The van der Waals surface area contributed by atoms with Crippen LogP contribution in [0.1, 0.15) is 5.56 Å². The first-order chi connectivity index (χ1) is 15.0. The summed E-state index contributed by atoms with van der Waals surface area (Å²) < 4.78 is 6.64. The van der Waals surface area contributed by atoms with Crippen LogP contribution in [-0.2, 0) is 4.79 Å². The van der Waals surface area contributed by atoms with Crippen LogP contribution in [0, 0.1) is 0 Å². The van der Waals surface area contributed by atoms with Gasteiger partial charge in [-0.1, -0.05) is 41.9 Å². The highest BCUT2D eigenvalue weighted by Crippen LogP contribution is 2.26. The van der Waals surface area contributed by atoms with Crippen molar-refractivity contribution in [3.8, 4) is 22.1 Å². The number of carbonyl (C=O) groups is 1. The smallest absolute Gasteiger partial charge is 0.251 e. The highest BCUT2D eigenvalue weighted by molar-refractivity contribution is 7.12. The molecule has 156 valence electrons. The lowest BCUT2D eigenvalue weighted by Crippen LogP contribution is -2.09. The molecular formula is C21H17ClN6O2S. The first-order valence-electron chi connectivity index (χ1n) is 9.10. The molecule has 0 radical (unpaired) electrons. The van der Waals surface area contributed by atoms with Crippen molar-refractivity contribution < 1.29 is 9.53 Å². The number of amides is 1. The number of ether oxygens (including phenoxy) is 1. The summed E-state index contributed by atoms with van der Waals surface area (Å²) >= 11 is 7.29. The Bertz CT molecular complexity index is 1250. The number of carbonyl (C=O) groups excluding carboxylic acids is 1. The molecule has 0 saturated carbocycles. The molecule has 10 heteroatoms. The molecule has 1 amide bonds. The Labute approximate surface area is 187 Å². The highest BCUT2D eigenvalue weighted by atomic mass is 35.5. The fraction of sp³-hybridized carbons (Fsp3) is 0.0476. The summed E-state index contributed by atoms with van der Waals surface area (Å²) in [5, 5.41) is 9.91. The third-order valence-electron chi connectivity index (χ3n) is 4.23. The lowest BCUT2D eigenvalue weighted by molar-refractivity contribution is -0.111. The van der Waals surface area contributed by atoms with Gasteiger partial charge in [0.2, 0.25) is 11.1 Å². The van der Waals surface area contributed by atoms with Gasteiger partial charge in [-0.25, -0.2) is 4.98 Å². The molecule has 0 fully saturated rings. The number of nitrogen functional groups attached to an aromatic ring is 1. The van der Waals surface area contributed by atoms with Gasteiger partial charge >= 0.3 is 0 Å². The molecule has 2 aromatic heterocycles. The van der Waals surface area contributed by atoms with E-state index in [9.17, 15) is 4.79 Å². The molecule has 0 unspecified atom stereocenters. The zero-order valence-corrected chi connectivity index (χ0v) is 17.9. The minimum absolute atomic E-state index is 0.0791. The van der Waals surface area contributed by atoms with Crippen molar-refractivity contribution in [3.05, 3.63) is 70.6 Å². The summed E-state index contributed by atoms with van der Waals surface area (Å²) in [5.41, 5.74) is 8.42. The van der Waals surface area contributed by atoms with Gasteiger partial charge in [0.15, 0.2) is 0 Å². The van der Waals surface area contributed by atoms with Crippen molar-refractivity contribution in [2.45, 2.75) is 0 Å². The van der Waals surface area contributed by atoms with E-state index in [-0.39, 0.29) is 11.9 Å². The molecule has 0 saturated heterocycles. The SMILES string of the molecule is COc1ccccc1C=CC(=O)Nc1nc(N)n(-c2nc(-c3ccc(Cl)cc3)cs2)n1. The van der Waals surface area contributed by atoms with Crippen LogP contribution in [0.5, 0.6) is 5.75 Å². The van der Waals surface area contributed by atoms with Crippen molar-refractivity contribution in [1.29, 1.82) is 0 Å². The normalized spacial score (nSPS) is 11.0. The van der Waals surface area contributed by atoms with Gasteiger partial charge in [0, 0.05) is 27.6 Å². The van der Waals surface area contributed by atoms with Crippen molar-refractivity contribution in [2.75, 3.05) is 18.2 Å². The van der Waals surface area contributed by atoms with Gasteiger partial charge in [0.05, 0.1) is 12.8 Å². The average molecular weight is 453 g/mol. The maximum absolute atomic E-state index is 12.3. The zero-order valence-electron chi connectivity index (χ0n) is 16.3. The standard InChI is InChI=1S/C21H17ClN6O2S/c1-30-17-5-3-2-4-14(17)8-11-18(29)25-20-26-19(23)28(27-20)21-24-16(12-31-21)13-6-9-15(22)10-7-13/h2-12H,1H3,(H3,23,25,26,27,29). The van der Waals surface area contributed by atoms with E-state index in [1.165, 1.54) is 22.1 Å². The van der Waals surface area contributed by atoms with Crippen LogP contribution in [0.4, 0.5) is 11.9 Å². The van der Waals surface area contributed by atoms with Gasteiger partial charge in [0.25, 0.3) is 11.9 Å². The van der Waals surface area contributed by atoms with E-state index in [2.05, 4.69) is 20.4 Å². The van der Waals surface area contributed by atoms with Gasteiger partial charge in [-0.2, -0.15) is 9.67 Å². The van der Waals surface area contributed by atoms with Crippen molar-refractivity contribution in [1.82, 2.24) is 19.7 Å². The number of nitrogens with two attached hydrogens (primary N) is 1. The number of halogens is 1. The number of nitrogens with zero attached hydrogens (tertiary/aromatic N) is 4. The van der Waals surface area contributed by atoms with E-state index >= 15 is 0 Å². The molecule has 0 atom stereocenters. The number of hydrogen-bond acceptors (Lipinski definition) is 7. The van der Waals surface area contributed by atoms with Crippen molar-refractivity contribution >= 4 is 46.8 Å². The predicted octanol–water partition coefficient (Wildman–Crippen LogP) is 4.29. The first-order valence-corrected chi connectivity index (χ1v) is 10.4. The number of para-hydroxylation sites is 1. The second-order valence-corrected chi connectivity index (χ2v) is 7.57. The van der Waals surface area contributed by atoms with Crippen LogP contribution in [-0.4, -0.2) is 32.8 Å². The summed E-state index contributed by atoms with van der Waals surface area (Å²) in [6.07, 6.45) is 3.02. The largest absolute Gasteiger partial charge is 0.496 e. The van der Waals surface area contributed by atoms with Crippen LogP contribution in [0.2, 0.25) is 5.02 Å². The quantitative estimate of drug-likeness (QED) is 0.422. The van der Waals surface area contributed by atoms with Crippen LogP contribution in [0.3, 0.4) is 0 Å². The Balaban J connectivity index is 1.48. The van der Waals surface area contributed by atoms with E-state index in [4.69, 9.17) is 22.1 Å². The molecular weight excluding hydrogens is 436 g/mol. The average Bonchev–Trinajstić information content (AvgIpc) is 3.39. The Kier molecular flexibility index (Phi) is 5.96. The van der Waals surface area contributed by atoms with E-state index < -0.39 is 5.91 Å². The lowest BCUT2D eigenvalue weighted by Gasteiger charge is -2.03. The molecule has 2 aromatic carbocycles. The van der Waals surface area contributed by atoms with Crippen LogP contribution >= 0.6 is 22.9 Å². The number of aromatic nitrogens is 4. The fourth-order valence-corrected chi connectivity index (χ4v) is 3.67. The Hall–Kier alpha value is -3.69. The molecule has 3 N–H and O–H groups in total. The monoisotopic (exact) mass is 452 g/mol. The Morgan fingerprint density at radius 1 is 1.19 bits per heavy atom. The van der Waals surface area contributed by atoms with Crippen molar-refractivity contribution in [2.24, 2.45) is 0 Å². The second-order valence-electron chi connectivity index (χ2n) is 6.29. The number of rotatable bonds is 6. The summed E-state index contributed by atoms with van der Waals surface area (Å²) in [5.74, 6) is 0.457. The van der Waals surface area contributed by atoms with Gasteiger partial charge in [-0.3, -0.25) is 10.1 Å². The number of nitrogens with one attached hydrogen (secondary N) is 1. The topological polar surface area (TPSA) is 108 Å². The molecule has 0 bridgehead atoms. The molecule has 2 heterocycles. The van der Waals surface area contributed by atoms with E-state index in [1.54, 1.807) is 25.3 Å². The first kappa shape index (κ1) is 20.6. The summed E-state index contributed by atoms with van der Waals surface area (Å²) in [6.45, 7) is 0. The highest BCUT2D eigenvalue weighted by Gasteiger charge is 2.14. The van der Waals surface area contributed by atoms with Crippen molar-refractivity contribution in [3.63, 3.8) is 0 Å². The van der Waals surface area contributed by atoms with Gasteiger partial charge in [-0.05, 0) is 24.3 Å². The van der Waals surface area contributed by atoms with E-state index in [0.29, 0.717) is 15.9 Å². The molecule has 8 nitrogen and oxygen atoms in total. The van der Waals surface area contributed by atoms with E-state index in [1.807, 2.05) is 41.8 Å². The van der Waals surface area contributed by atoms with Crippen LogP contribution in [0.25, 0.3) is 22.5 Å². The minimum atomic E-state index is -0.399. The zero-order chi connectivity index (χ0) is 21.8. The third kappa shape index (κ3) is 4.73. The molecule has 0 aliphatic rings. The maximum Gasteiger partial charge on any atom is 0.251 e. The fourth-order valence-electron chi connectivity index (χ4n) is 2.75. The number of thiazole rings is 1. The van der Waals surface area contributed by atoms with Crippen LogP contribution in [0.15, 0.2) is 60.0 Å². The number of benzene rings is 2. The maximum atomic E-state index is 12.3.